The number of carbonyl (C=O) groups is 1. The summed E-state index contributed by atoms with van der Waals surface area (Å²) in [6.07, 6.45) is 0. The van der Waals surface area contributed by atoms with Crippen molar-refractivity contribution in [3.63, 3.8) is 0 Å². The number of fused-ring (bicyclic) bond motifs is 1. The van der Waals surface area contributed by atoms with Crippen LogP contribution in [-0.4, -0.2) is 22.5 Å². The predicted molar refractivity (Wildman–Crippen MR) is 123 cm³/mol. The number of rotatable bonds is 7. The second kappa shape index (κ2) is 8.97. The summed E-state index contributed by atoms with van der Waals surface area (Å²) in [6.45, 7) is 2.29. The lowest BCUT2D eigenvalue weighted by atomic mass is 10.2. The Kier molecular flexibility index (Phi) is 5.95. The molecule has 0 fully saturated rings. The van der Waals surface area contributed by atoms with Gasteiger partial charge in [-0.2, -0.15) is 0 Å². The molecule has 0 saturated carbocycles. The largest absolute Gasteiger partial charge is 0.483 e. The number of aromatic amines is 2. The van der Waals surface area contributed by atoms with Crippen LogP contribution in [0.1, 0.15) is 11.1 Å². The molecule has 3 aromatic carbocycles. The van der Waals surface area contributed by atoms with Gasteiger partial charge in [-0.3, -0.25) is 4.79 Å². The summed E-state index contributed by atoms with van der Waals surface area (Å²) in [5.74, 6) is 0.312. The molecule has 158 valence electrons. The Bertz CT molecular complexity index is 1280. The molecule has 0 atom stereocenters. The van der Waals surface area contributed by atoms with Gasteiger partial charge < -0.3 is 25.3 Å². The molecule has 0 spiro atoms. The van der Waals surface area contributed by atoms with Crippen LogP contribution in [0.15, 0.2) is 65.5 Å². The number of carbonyl (C=O) groups excluding carboxylic acids is 1. The average Bonchev–Trinajstić information content (AvgIpc) is 3.12. The van der Waals surface area contributed by atoms with Crippen LogP contribution >= 0.6 is 11.6 Å². The van der Waals surface area contributed by atoms with E-state index < -0.39 is 0 Å². The van der Waals surface area contributed by atoms with E-state index in [2.05, 4.69) is 20.6 Å². The van der Waals surface area contributed by atoms with Gasteiger partial charge in [0.15, 0.2) is 6.61 Å². The smallest absolute Gasteiger partial charge is 0.323 e. The van der Waals surface area contributed by atoms with E-state index in [1.165, 1.54) is 0 Å². The quantitative estimate of drug-likeness (QED) is 0.344. The first-order chi connectivity index (χ1) is 15.0. The summed E-state index contributed by atoms with van der Waals surface area (Å²) < 4.78 is 5.75. The Hall–Kier alpha value is -3.71. The van der Waals surface area contributed by atoms with Gasteiger partial charge in [-0.25, -0.2) is 4.79 Å². The Morgan fingerprint density at radius 2 is 1.71 bits per heavy atom. The molecule has 0 radical (unpaired) electrons. The highest BCUT2D eigenvalue weighted by Gasteiger charge is 2.09. The molecule has 4 rings (SSSR count). The Labute approximate surface area is 183 Å². The SMILES string of the molecule is Cc1ccc(NC(=O)COc2ccc(Cl)cc2CNc2ccc3[nH]c(=O)[nH]c3c2)cc1. The number of H-pyrrole nitrogens is 2. The maximum Gasteiger partial charge on any atom is 0.323 e. The van der Waals surface area contributed by atoms with Crippen molar-refractivity contribution in [2.45, 2.75) is 13.5 Å². The number of halogens is 1. The summed E-state index contributed by atoms with van der Waals surface area (Å²) >= 11 is 6.16. The zero-order chi connectivity index (χ0) is 21.8. The minimum atomic E-state index is -0.250. The number of hydrogen-bond acceptors (Lipinski definition) is 4. The Balaban J connectivity index is 1.41. The first-order valence-corrected chi connectivity index (χ1v) is 10.1. The molecule has 0 aliphatic carbocycles. The van der Waals surface area contributed by atoms with E-state index in [1.807, 2.05) is 49.4 Å². The topological polar surface area (TPSA) is 99.0 Å². The molecule has 1 heterocycles. The second-order valence-electron chi connectivity index (χ2n) is 7.15. The molecular formula is C23H21ClN4O3. The highest BCUT2D eigenvalue weighted by molar-refractivity contribution is 6.30. The van der Waals surface area contributed by atoms with Crippen LogP contribution < -0.4 is 21.1 Å². The monoisotopic (exact) mass is 436 g/mol. The number of anilines is 2. The molecule has 0 aliphatic heterocycles. The number of hydrogen-bond donors (Lipinski definition) is 4. The van der Waals surface area contributed by atoms with E-state index in [4.69, 9.17) is 16.3 Å². The van der Waals surface area contributed by atoms with Crippen molar-refractivity contribution in [3.05, 3.63) is 87.3 Å². The second-order valence-corrected chi connectivity index (χ2v) is 7.58. The third-order valence-corrected chi connectivity index (χ3v) is 4.95. The van der Waals surface area contributed by atoms with Crippen LogP contribution in [0.25, 0.3) is 11.0 Å². The number of aromatic nitrogens is 2. The van der Waals surface area contributed by atoms with Gasteiger partial charge in [0.1, 0.15) is 5.75 Å². The maximum absolute atomic E-state index is 12.2. The van der Waals surface area contributed by atoms with Gasteiger partial charge in [-0.1, -0.05) is 29.3 Å². The van der Waals surface area contributed by atoms with E-state index in [9.17, 15) is 9.59 Å². The number of amides is 1. The van der Waals surface area contributed by atoms with Gasteiger partial charge >= 0.3 is 5.69 Å². The van der Waals surface area contributed by atoms with E-state index in [-0.39, 0.29) is 18.2 Å². The lowest BCUT2D eigenvalue weighted by Crippen LogP contribution is -2.20. The summed E-state index contributed by atoms with van der Waals surface area (Å²) in [6, 6.07) is 18.3. The van der Waals surface area contributed by atoms with Gasteiger partial charge in [0, 0.05) is 28.5 Å². The average molecular weight is 437 g/mol. The van der Waals surface area contributed by atoms with Crippen molar-refractivity contribution in [1.29, 1.82) is 0 Å². The fraction of sp³-hybridized carbons (Fsp3) is 0.130. The predicted octanol–water partition coefficient (Wildman–Crippen LogP) is 4.45. The zero-order valence-corrected chi connectivity index (χ0v) is 17.5. The number of imidazole rings is 1. The van der Waals surface area contributed by atoms with Crippen LogP contribution in [0.3, 0.4) is 0 Å². The summed E-state index contributed by atoms with van der Waals surface area (Å²) in [4.78, 5) is 29.1. The van der Waals surface area contributed by atoms with Crippen LogP contribution in [-0.2, 0) is 11.3 Å². The highest BCUT2D eigenvalue weighted by atomic mass is 35.5. The number of aryl methyl sites for hydroxylation is 1. The molecule has 0 saturated heterocycles. The Morgan fingerprint density at radius 1 is 0.968 bits per heavy atom. The molecule has 1 amide bonds. The molecule has 4 aromatic rings. The minimum Gasteiger partial charge on any atom is -0.483 e. The van der Waals surface area contributed by atoms with Crippen molar-refractivity contribution in [1.82, 2.24) is 9.97 Å². The van der Waals surface area contributed by atoms with Crippen molar-refractivity contribution in [2.24, 2.45) is 0 Å². The van der Waals surface area contributed by atoms with Crippen molar-refractivity contribution < 1.29 is 9.53 Å². The molecular weight excluding hydrogens is 416 g/mol. The van der Waals surface area contributed by atoms with Crippen LogP contribution in [0.2, 0.25) is 5.02 Å². The molecule has 1 aromatic heterocycles. The van der Waals surface area contributed by atoms with Crippen LogP contribution in [0, 0.1) is 6.92 Å². The zero-order valence-electron chi connectivity index (χ0n) is 16.8. The molecule has 7 nitrogen and oxygen atoms in total. The van der Waals surface area contributed by atoms with Crippen molar-refractivity contribution in [3.8, 4) is 5.75 Å². The molecule has 0 unspecified atom stereocenters. The normalized spacial score (nSPS) is 10.8. The van der Waals surface area contributed by atoms with Crippen LogP contribution in [0.5, 0.6) is 5.75 Å². The molecule has 8 heteroatoms. The Morgan fingerprint density at radius 3 is 2.52 bits per heavy atom. The highest BCUT2D eigenvalue weighted by Crippen LogP contribution is 2.25. The van der Waals surface area contributed by atoms with E-state index >= 15 is 0 Å². The lowest BCUT2D eigenvalue weighted by molar-refractivity contribution is -0.118. The maximum atomic E-state index is 12.2. The number of ether oxygens (including phenoxy) is 1. The molecule has 0 aliphatic rings. The lowest BCUT2D eigenvalue weighted by Gasteiger charge is -2.14. The summed E-state index contributed by atoms with van der Waals surface area (Å²) in [5, 5.41) is 6.67. The van der Waals surface area contributed by atoms with Gasteiger partial charge in [-0.15, -0.1) is 0 Å². The number of benzene rings is 3. The fourth-order valence-corrected chi connectivity index (χ4v) is 3.34. The standard InChI is InChI=1S/C23H21ClN4O3/c1-14-2-5-17(6-3-14)26-22(29)13-31-21-9-4-16(24)10-15(21)12-25-18-7-8-19-20(11-18)28-23(30)27-19/h2-11,25H,12-13H2,1H3,(H,26,29)(H2,27,28,30). The molecule has 31 heavy (non-hydrogen) atoms. The third-order valence-electron chi connectivity index (χ3n) is 4.72. The number of nitrogens with one attached hydrogen (secondary N) is 4. The van der Waals surface area contributed by atoms with Gasteiger partial charge in [0.25, 0.3) is 5.91 Å². The van der Waals surface area contributed by atoms with Gasteiger partial charge in [0.05, 0.1) is 11.0 Å². The van der Waals surface area contributed by atoms with Crippen LogP contribution in [0.4, 0.5) is 11.4 Å². The van der Waals surface area contributed by atoms with E-state index in [0.29, 0.717) is 22.8 Å². The fourth-order valence-electron chi connectivity index (χ4n) is 3.14. The molecule has 4 N–H and O–H groups in total. The van der Waals surface area contributed by atoms with Gasteiger partial charge in [0.2, 0.25) is 0 Å². The summed E-state index contributed by atoms with van der Waals surface area (Å²) in [7, 11) is 0. The molecule has 0 bridgehead atoms. The van der Waals surface area contributed by atoms with Crippen molar-refractivity contribution in [2.75, 3.05) is 17.2 Å². The van der Waals surface area contributed by atoms with E-state index in [0.717, 1.165) is 28.0 Å². The first-order valence-electron chi connectivity index (χ1n) is 9.70. The van der Waals surface area contributed by atoms with Gasteiger partial charge in [-0.05, 0) is 55.5 Å². The summed E-state index contributed by atoms with van der Waals surface area (Å²) in [5.41, 5.74) is 4.67. The first kappa shape index (κ1) is 20.6. The third kappa shape index (κ3) is 5.26. The van der Waals surface area contributed by atoms with Crippen molar-refractivity contribution >= 4 is 39.9 Å². The minimum absolute atomic E-state index is 0.126. The van der Waals surface area contributed by atoms with E-state index in [1.54, 1.807) is 18.2 Å².